The first-order chi connectivity index (χ1) is 12.0. The van der Waals surface area contributed by atoms with E-state index in [2.05, 4.69) is 0 Å². The van der Waals surface area contributed by atoms with E-state index < -0.39 is 29.1 Å². The number of Topliss-reactive ketones (excluding diaryl/α,β-unsaturated/α-hetero) is 1. The number of benzene rings is 1. The second kappa shape index (κ2) is 6.66. The van der Waals surface area contributed by atoms with Gasteiger partial charge < -0.3 is 15.2 Å². The van der Waals surface area contributed by atoms with Gasteiger partial charge in [-0.1, -0.05) is 6.07 Å². The van der Waals surface area contributed by atoms with Crippen LogP contribution in [0.2, 0.25) is 0 Å². The maximum Gasteiger partial charge on any atom is 0.340 e. The van der Waals surface area contributed by atoms with E-state index in [0.717, 1.165) is 12.1 Å². The van der Waals surface area contributed by atoms with Crippen molar-refractivity contribution in [3.05, 3.63) is 58.2 Å². The van der Waals surface area contributed by atoms with Gasteiger partial charge in [-0.05, 0) is 25.5 Å². The molecule has 0 saturated heterocycles. The van der Waals surface area contributed by atoms with Crippen LogP contribution in [-0.4, -0.2) is 18.4 Å². The molecule has 0 amide bonds. The zero-order valence-corrected chi connectivity index (χ0v) is 13.6. The average molecular weight is 349 g/mol. The summed E-state index contributed by atoms with van der Waals surface area (Å²) in [6, 6.07) is 3.35. The number of nitrogens with two attached hydrogens (primary N) is 1. The molecule has 0 bridgehead atoms. The number of hydrogen-bond acceptors (Lipinski definition) is 5. The predicted molar refractivity (Wildman–Crippen MR) is 83.9 cm³/mol. The summed E-state index contributed by atoms with van der Waals surface area (Å²) in [7, 11) is 0. The van der Waals surface area contributed by atoms with Crippen LogP contribution in [0, 0.1) is 11.6 Å². The van der Waals surface area contributed by atoms with Gasteiger partial charge in [-0.2, -0.15) is 0 Å². The molecular formula is C18H17F2NO4. The van der Waals surface area contributed by atoms with Crippen molar-refractivity contribution in [3.63, 3.8) is 0 Å². The molecule has 5 nitrogen and oxygen atoms in total. The van der Waals surface area contributed by atoms with Crippen LogP contribution >= 0.6 is 0 Å². The highest BCUT2D eigenvalue weighted by Gasteiger charge is 2.43. The molecule has 3 rings (SSSR count). The highest BCUT2D eigenvalue weighted by molar-refractivity contribution is 6.03. The van der Waals surface area contributed by atoms with Crippen LogP contribution in [0.15, 0.2) is 41.0 Å². The lowest BCUT2D eigenvalue weighted by atomic mass is 9.77. The summed E-state index contributed by atoms with van der Waals surface area (Å²) in [5.74, 6) is -4.23. The maximum absolute atomic E-state index is 14.4. The van der Waals surface area contributed by atoms with Crippen molar-refractivity contribution in [2.24, 2.45) is 5.73 Å². The Balaban J connectivity index is 2.25. The zero-order chi connectivity index (χ0) is 18.1. The second-order valence-corrected chi connectivity index (χ2v) is 5.78. The predicted octanol–water partition coefficient (Wildman–Crippen LogP) is 2.82. The zero-order valence-electron chi connectivity index (χ0n) is 13.6. The Morgan fingerprint density at radius 3 is 2.64 bits per heavy atom. The van der Waals surface area contributed by atoms with Gasteiger partial charge in [-0.25, -0.2) is 13.6 Å². The monoisotopic (exact) mass is 349 g/mol. The lowest BCUT2D eigenvalue weighted by Gasteiger charge is -2.32. The van der Waals surface area contributed by atoms with E-state index in [1.54, 1.807) is 6.92 Å². The summed E-state index contributed by atoms with van der Waals surface area (Å²) in [4.78, 5) is 24.8. The van der Waals surface area contributed by atoms with Crippen LogP contribution in [0.5, 0.6) is 0 Å². The number of halogens is 2. The standard InChI is InChI=1S/C18H17F2NO4/c1-2-24-18(23)16-15(13-9(19)5-3-6-10(13)20)14-11(22)7-4-8-12(14)25-17(16)21/h3,5-6,15H,2,4,7-8,21H2,1H3. The SMILES string of the molecule is CCOC(=O)C1=C(N)OC2=C(C(=O)CCC2)C1c1c(F)cccc1F. The molecule has 1 aromatic carbocycles. The average Bonchev–Trinajstić information content (AvgIpc) is 2.54. The number of ether oxygens (including phenoxy) is 2. The normalized spacial score (nSPS) is 20.3. The van der Waals surface area contributed by atoms with E-state index in [4.69, 9.17) is 15.2 Å². The number of ketones is 1. The Bertz CT molecular complexity index is 793. The summed E-state index contributed by atoms with van der Waals surface area (Å²) in [6.07, 6.45) is 1.17. The summed E-state index contributed by atoms with van der Waals surface area (Å²) in [5, 5.41) is 0. The van der Waals surface area contributed by atoms with Crippen LogP contribution in [0.25, 0.3) is 0 Å². The molecule has 0 saturated carbocycles. The Morgan fingerprint density at radius 1 is 1.32 bits per heavy atom. The molecule has 25 heavy (non-hydrogen) atoms. The van der Waals surface area contributed by atoms with Gasteiger partial charge in [-0.15, -0.1) is 0 Å². The third kappa shape index (κ3) is 2.90. The lowest BCUT2D eigenvalue weighted by Crippen LogP contribution is -2.32. The van der Waals surface area contributed by atoms with Gasteiger partial charge in [0.1, 0.15) is 23.0 Å². The van der Waals surface area contributed by atoms with E-state index in [9.17, 15) is 18.4 Å². The molecule has 0 aromatic heterocycles. The van der Waals surface area contributed by atoms with Crippen LogP contribution in [-0.2, 0) is 19.1 Å². The van der Waals surface area contributed by atoms with Crippen LogP contribution in [0.1, 0.15) is 37.7 Å². The first-order valence-corrected chi connectivity index (χ1v) is 8.00. The molecule has 2 aliphatic rings. The van der Waals surface area contributed by atoms with Crippen molar-refractivity contribution in [1.29, 1.82) is 0 Å². The number of esters is 1. The molecule has 0 radical (unpaired) electrons. The Morgan fingerprint density at radius 2 is 2.00 bits per heavy atom. The molecule has 7 heteroatoms. The smallest absolute Gasteiger partial charge is 0.340 e. The van der Waals surface area contributed by atoms with Crippen LogP contribution in [0.4, 0.5) is 8.78 Å². The van der Waals surface area contributed by atoms with Gasteiger partial charge in [0.25, 0.3) is 0 Å². The van der Waals surface area contributed by atoms with Crippen LogP contribution < -0.4 is 5.73 Å². The molecular weight excluding hydrogens is 332 g/mol. The van der Waals surface area contributed by atoms with Gasteiger partial charge in [0, 0.05) is 24.0 Å². The molecule has 1 atom stereocenters. The van der Waals surface area contributed by atoms with Gasteiger partial charge in [0.05, 0.1) is 12.5 Å². The molecule has 1 aliphatic carbocycles. The molecule has 1 unspecified atom stereocenters. The fourth-order valence-corrected chi connectivity index (χ4v) is 3.24. The minimum Gasteiger partial charge on any atom is -0.462 e. The largest absolute Gasteiger partial charge is 0.462 e. The molecule has 2 N–H and O–H groups in total. The topological polar surface area (TPSA) is 78.6 Å². The third-order valence-electron chi connectivity index (χ3n) is 4.27. The number of rotatable bonds is 3. The van der Waals surface area contributed by atoms with Crippen LogP contribution in [0.3, 0.4) is 0 Å². The molecule has 132 valence electrons. The highest BCUT2D eigenvalue weighted by Crippen LogP contribution is 2.45. The van der Waals surface area contributed by atoms with Gasteiger partial charge in [0.2, 0.25) is 5.88 Å². The van der Waals surface area contributed by atoms with Crippen molar-refractivity contribution in [1.82, 2.24) is 0 Å². The third-order valence-corrected chi connectivity index (χ3v) is 4.27. The number of carbonyl (C=O) groups excluding carboxylic acids is 2. The van der Waals surface area contributed by atoms with Gasteiger partial charge in [0.15, 0.2) is 5.78 Å². The first-order valence-electron chi connectivity index (χ1n) is 8.00. The van der Waals surface area contributed by atoms with Crippen molar-refractivity contribution >= 4 is 11.8 Å². The minimum absolute atomic E-state index is 0.0436. The van der Waals surface area contributed by atoms with E-state index in [1.807, 2.05) is 0 Å². The Hall–Kier alpha value is -2.70. The Kier molecular flexibility index (Phi) is 4.57. The van der Waals surface area contributed by atoms with Gasteiger partial charge >= 0.3 is 5.97 Å². The Labute approximate surface area is 143 Å². The summed E-state index contributed by atoms with van der Waals surface area (Å²) in [5.41, 5.74) is 5.28. The van der Waals surface area contributed by atoms with E-state index in [-0.39, 0.29) is 41.6 Å². The quantitative estimate of drug-likeness (QED) is 0.849. The van der Waals surface area contributed by atoms with Crippen molar-refractivity contribution in [2.75, 3.05) is 6.61 Å². The number of allylic oxidation sites excluding steroid dienone is 2. The van der Waals surface area contributed by atoms with E-state index in [1.165, 1.54) is 6.07 Å². The molecule has 0 fully saturated rings. The first kappa shape index (κ1) is 17.1. The lowest BCUT2D eigenvalue weighted by molar-refractivity contribution is -0.139. The molecule has 1 aliphatic heterocycles. The number of carbonyl (C=O) groups is 2. The minimum atomic E-state index is -1.28. The van der Waals surface area contributed by atoms with Crippen molar-refractivity contribution in [2.45, 2.75) is 32.1 Å². The summed E-state index contributed by atoms with van der Waals surface area (Å²) >= 11 is 0. The molecule has 0 spiro atoms. The fraction of sp³-hybridized carbons (Fsp3) is 0.333. The maximum atomic E-state index is 14.4. The summed E-state index contributed by atoms with van der Waals surface area (Å²) in [6.45, 7) is 1.63. The summed E-state index contributed by atoms with van der Waals surface area (Å²) < 4.78 is 39.3. The fourth-order valence-electron chi connectivity index (χ4n) is 3.24. The number of hydrogen-bond donors (Lipinski definition) is 1. The van der Waals surface area contributed by atoms with Crippen molar-refractivity contribution < 1.29 is 27.8 Å². The highest BCUT2D eigenvalue weighted by atomic mass is 19.1. The van der Waals surface area contributed by atoms with E-state index >= 15 is 0 Å². The molecule has 1 aromatic rings. The molecule has 1 heterocycles. The van der Waals surface area contributed by atoms with Crippen molar-refractivity contribution in [3.8, 4) is 0 Å². The second-order valence-electron chi connectivity index (χ2n) is 5.78. The van der Waals surface area contributed by atoms with E-state index in [0.29, 0.717) is 12.8 Å². The van der Waals surface area contributed by atoms with Gasteiger partial charge in [-0.3, -0.25) is 4.79 Å².